The largest absolute Gasteiger partial charge is 0.492 e. The Morgan fingerprint density at radius 2 is 1.69 bits per heavy atom. The maximum Gasteiger partial charge on any atom is 0.197 e. The lowest BCUT2D eigenvalue weighted by atomic mass is 9.93. The fraction of sp³-hybridized carbons (Fsp3) is 0.500. The fourth-order valence-corrected chi connectivity index (χ4v) is 1.77. The van der Waals surface area contributed by atoms with E-state index in [1.807, 2.05) is 0 Å². The highest BCUT2D eigenvalue weighted by Crippen LogP contribution is 2.39. The minimum absolute atomic E-state index is 0.0630. The van der Waals surface area contributed by atoms with Crippen LogP contribution in [0.15, 0.2) is 6.07 Å². The number of rotatable bonds is 3. The summed E-state index contributed by atoms with van der Waals surface area (Å²) in [5.74, 6) is -0.158. The molecule has 0 aliphatic rings. The summed E-state index contributed by atoms with van der Waals surface area (Å²) in [6.45, 7) is 4.95. The fourth-order valence-electron chi connectivity index (χ4n) is 1.77. The second-order valence-corrected chi connectivity index (χ2v) is 4.16. The number of hydrogen-bond acceptors (Lipinski definition) is 3. The second-order valence-electron chi connectivity index (χ2n) is 4.16. The molecular formula is C12H17FO3. The Bertz CT molecular complexity index is 394. The Balaban J connectivity index is 3.53. The molecule has 0 saturated carbocycles. The Labute approximate surface area is 94.8 Å². The van der Waals surface area contributed by atoms with E-state index in [1.165, 1.54) is 20.3 Å². The highest BCUT2D eigenvalue weighted by Gasteiger charge is 2.25. The van der Waals surface area contributed by atoms with Gasteiger partial charge in [-0.2, -0.15) is 0 Å². The molecule has 0 aliphatic carbocycles. The van der Waals surface area contributed by atoms with Gasteiger partial charge in [0.25, 0.3) is 0 Å². The lowest BCUT2D eigenvalue weighted by Gasteiger charge is -2.23. The molecule has 3 nitrogen and oxygen atoms in total. The van der Waals surface area contributed by atoms with Crippen LogP contribution in [0.1, 0.15) is 25.0 Å². The highest BCUT2D eigenvalue weighted by molar-refractivity contribution is 5.52. The van der Waals surface area contributed by atoms with Gasteiger partial charge in [-0.15, -0.1) is 0 Å². The molecule has 1 aromatic rings. The lowest BCUT2D eigenvalue weighted by Crippen LogP contribution is -2.18. The van der Waals surface area contributed by atoms with E-state index in [9.17, 15) is 9.50 Å². The van der Waals surface area contributed by atoms with Gasteiger partial charge >= 0.3 is 0 Å². The molecule has 1 N–H and O–H groups in total. The predicted octanol–water partition coefficient (Wildman–Crippen LogP) is 2.38. The van der Waals surface area contributed by atoms with Crippen LogP contribution in [0, 0.1) is 12.7 Å². The third-order valence-corrected chi connectivity index (χ3v) is 2.51. The molecule has 0 bridgehead atoms. The first-order valence-electron chi connectivity index (χ1n) is 4.96. The minimum atomic E-state index is -1.12. The Hall–Kier alpha value is -1.29. The van der Waals surface area contributed by atoms with E-state index in [1.54, 1.807) is 20.8 Å². The van der Waals surface area contributed by atoms with Crippen LogP contribution in [0.4, 0.5) is 4.39 Å². The van der Waals surface area contributed by atoms with Crippen molar-refractivity contribution in [2.75, 3.05) is 14.2 Å². The SMILES string of the molecule is COc1c(F)cc(C(C)(C)O)c(C)c1OC. The van der Waals surface area contributed by atoms with Crippen molar-refractivity contribution in [1.29, 1.82) is 0 Å². The topological polar surface area (TPSA) is 38.7 Å². The molecule has 0 aliphatic heterocycles. The van der Waals surface area contributed by atoms with Gasteiger partial charge in [0.15, 0.2) is 17.3 Å². The summed E-state index contributed by atoms with van der Waals surface area (Å²) in [7, 11) is 2.82. The van der Waals surface area contributed by atoms with Crippen LogP contribution in [-0.2, 0) is 5.60 Å². The summed E-state index contributed by atoms with van der Waals surface area (Å²) in [6, 6.07) is 1.27. The highest BCUT2D eigenvalue weighted by atomic mass is 19.1. The van der Waals surface area contributed by atoms with E-state index in [0.29, 0.717) is 16.9 Å². The van der Waals surface area contributed by atoms with Crippen molar-refractivity contribution < 1.29 is 19.0 Å². The molecule has 0 heterocycles. The maximum atomic E-state index is 13.7. The number of halogens is 1. The quantitative estimate of drug-likeness (QED) is 0.863. The van der Waals surface area contributed by atoms with Gasteiger partial charge in [0, 0.05) is 5.56 Å². The number of ether oxygens (including phenoxy) is 2. The van der Waals surface area contributed by atoms with Crippen molar-refractivity contribution >= 4 is 0 Å². The molecule has 16 heavy (non-hydrogen) atoms. The predicted molar refractivity (Wildman–Crippen MR) is 59.5 cm³/mol. The third-order valence-electron chi connectivity index (χ3n) is 2.51. The van der Waals surface area contributed by atoms with Gasteiger partial charge in [0.05, 0.1) is 19.8 Å². The zero-order chi connectivity index (χ0) is 12.5. The van der Waals surface area contributed by atoms with Crippen LogP contribution in [0.3, 0.4) is 0 Å². The van der Waals surface area contributed by atoms with E-state index >= 15 is 0 Å². The van der Waals surface area contributed by atoms with Crippen LogP contribution in [-0.4, -0.2) is 19.3 Å². The van der Waals surface area contributed by atoms with E-state index in [-0.39, 0.29) is 5.75 Å². The van der Waals surface area contributed by atoms with Gasteiger partial charge in [0.1, 0.15) is 0 Å². The molecule has 0 unspecified atom stereocenters. The van der Waals surface area contributed by atoms with E-state index < -0.39 is 11.4 Å². The van der Waals surface area contributed by atoms with Crippen LogP contribution >= 0.6 is 0 Å². The van der Waals surface area contributed by atoms with Gasteiger partial charge in [0.2, 0.25) is 0 Å². The molecule has 90 valence electrons. The molecule has 4 heteroatoms. The summed E-state index contributed by atoms with van der Waals surface area (Å²) in [4.78, 5) is 0. The Kier molecular flexibility index (Phi) is 3.43. The first-order valence-corrected chi connectivity index (χ1v) is 4.96. The molecule has 0 spiro atoms. The van der Waals surface area contributed by atoms with Crippen LogP contribution in [0.5, 0.6) is 11.5 Å². The van der Waals surface area contributed by atoms with Gasteiger partial charge in [-0.25, -0.2) is 4.39 Å². The van der Waals surface area contributed by atoms with Crippen LogP contribution in [0.2, 0.25) is 0 Å². The number of aliphatic hydroxyl groups is 1. The average Bonchev–Trinajstić information content (AvgIpc) is 2.18. The van der Waals surface area contributed by atoms with E-state index in [4.69, 9.17) is 9.47 Å². The molecule has 0 fully saturated rings. The molecule has 0 amide bonds. The maximum absolute atomic E-state index is 13.7. The van der Waals surface area contributed by atoms with Crippen molar-refractivity contribution in [1.82, 2.24) is 0 Å². The van der Waals surface area contributed by atoms with Crippen molar-refractivity contribution in [3.05, 3.63) is 23.0 Å². The molecule has 1 rings (SSSR count). The average molecular weight is 228 g/mol. The van der Waals surface area contributed by atoms with Gasteiger partial charge in [-0.3, -0.25) is 0 Å². The summed E-state index contributed by atoms with van der Waals surface area (Å²) in [6.07, 6.45) is 0. The van der Waals surface area contributed by atoms with Crippen LogP contribution < -0.4 is 9.47 Å². The second kappa shape index (κ2) is 4.29. The zero-order valence-electron chi connectivity index (χ0n) is 10.2. The molecule has 0 aromatic heterocycles. The lowest BCUT2D eigenvalue weighted by molar-refractivity contribution is 0.0770. The number of hydrogen-bond donors (Lipinski definition) is 1. The molecule has 0 atom stereocenters. The Morgan fingerprint density at radius 3 is 2.06 bits per heavy atom. The first-order chi connectivity index (χ1) is 7.32. The molecule has 0 saturated heterocycles. The monoisotopic (exact) mass is 228 g/mol. The normalized spacial score (nSPS) is 11.4. The molecular weight excluding hydrogens is 211 g/mol. The molecule has 0 radical (unpaired) electrons. The third kappa shape index (κ3) is 2.11. The van der Waals surface area contributed by atoms with E-state index in [2.05, 4.69) is 0 Å². The summed E-state index contributed by atoms with van der Waals surface area (Å²) in [5, 5.41) is 9.91. The summed E-state index contributed by atoms with van der Waals surface area (Å²) in [5.41, 5.74) is 0.0423. The standard InChI is InChI=1S/C12H17FO3/c1-7-8(12(2,3)14)6-9(13)11(16-5)10(7)15-4/h6,14H,1-5H3. The van der Waals surface area contributed by atoms with Gasteiger partial charge < -0.3 is 14.6 Å². The Morgan fingerprint density at radius 1 is 1.19 bits per heavy atom. The van der Waals surface area contributed by atoms with Gasteiger partial charge in [-0.05, 0) is 32.4 Å². The van der Waals surface area contributed by atoms with Gasteiger partial charge in [-0.1, -0.05) is 0 Å². The molecule has 1 aromatic carbocycles. The van der Waals surface area contributed by atoms with Crippen molar-refractivity contribution in [2.24, 2.45) is 0 Å². The van der Waals surface area contributed by atoms with Crippen molar-refractivity contribution in [3.8, 4) is 11.5 Å². The number of methoxy groups -OCH3 is 2. The number of benzene rings is 1. The smallest absolute Gasteiger partial charge is 0.197 e. The summed E-state index contributed by atoms with van der Waals surface area (Å²) >= 11 is 0. The van der Waals surface area contributed by atoms with E-state index in [0.717, 1.165) is 0 Å². The first kappa shape index (κ1) is 12.8. The zero-order valence-corrected chi connectivity index (χ0v) is 10.2. The minimum Gasteiger partial charge on any atom is -0.492 e. The van der Waals surface area contributed by atoms with Crippen molar-refractivity contribution in [3.63, 3.8) is 0 Å². The van der Waals surface area contributed by atoms with Crippen LogP contribution in [0.25, 0.3) is 0 Å². The summed E-state index contributed by atoms with van der Waals surface area (Å²) < 4.78 is 23.7. The van der Waals surface area contributed by atoms with Crippen molar-refractivity contribution in [2.45, 2.75) is 26.4 Å².